The fourth-order valence-electron chi connectivity index (χ4n) is 5.12. The Morgan fingerprint density at radius 2 is 1.35 bits per heavy atom. The van der Waals surface area contributed by atoms with E-state index < -0.39 is 23.3 Å². The Morgan fingerprint density at radius 1 is 0.853 bits per heavy atom. The normalized spacial score (nSPS) is 26.1. The number of ether oxygens (including phenoxy) is 2. The van der Waals surface area contributed by atoms with Gasteiger partial charge in [0, 0.05) is 5.57 Å². The first-order valence-electron chi connectivity index (χ1n) is 12.4. The van der Waals surface area contributed by atoms with Crippen molar-refractivity contribution < 1.29 is 27.0 Å². The molecule has 0 N–H and O–H groups in total. The molecule has 2 fully saturated rings. The number of hydrogen-bond donors (Lipinski definition) is 0. The van der Waals surface area contributed by atoms with Gasteiger partial charge in [-0.05, 0) is 74.3 Å². The summed E-state index contributed by atoms with van der Waals surface area (Å²) >= 11 is 0. The molecule has 2 saturated carbocycles. The van der Waals surface area contributed by atoms with Crippen LogP contribution in [0.1, 0.15) is 88.2 Å². The number of benzene rings is 1. The molecule has 6 heteroatoms. The molecule has 0 aromatic heterocycles. The first kappa shape index (κ1) is 26.5. The zero-order valence-corrected chi connectivity index (χ0v) is 20.3. The number of allylic oxidation sites excluding steroid dienone is 1. The molecule has 0 atom stereocenters. The topological polar surface area (TPSA) is 18.5 Å². The molecule has 34 heavy (non-hydrogen) atoms. The van der Waals surface area contributed by atoms with E-state index in [1.54, 1.807) is 19.1 Å². The summed E-state index contributed by atoms with van der Waals surface area (Å²) in [5.74, 6) is -3.42. The van der Waals surface area contributed by atoms with Crippen LogP contribution in [0.25, 0.3) is 0 Å². The van der Waals surface area contributed by atoms with Crippen LogP contribution in [-0.4, -0.2) is 19.3 Å². The summed E-state index contributed by atoms with van der Waals surface area (Å²) in [5.41, 5.74) is 0.818. The van der Waals surface area contributed by atoms with E-state index in [4.69, 9.17) is 9.47 Å². The van der Waals surface area contributed by atoms with Gasteiger partial charge in [0.15, 0.2) is 29.0 Å². The molecule has 0 radical (unpaired) electrons. The molecule has 0 amide bonds. The largest absolute Gasteiger partial charge is 0.491 e. The maximum atomic E-state index is 15.0. The molecule has 2 nitrogen and oxygen atoms in total. The second kappa shape index (κ2) is 12.1. The van der Waals surface area contributed by atoms with Crippen molar-refractivity contribution in [1.29, 1.82) is 0 Å². The average molecular weight is 481 g/mol. The molecule has 0 aliphatic heterocycles. The zero-order valence-electron chi connectivity index (χ0n) is 20.3. The van der Waals surface area contributed by atoms with Gasteiger partial charge in [-0.25, -0.2) is 13.2 Å². The van der Waals surface area contributed by atoms with Crippen molar-refractivity contribution in [2.75, 3.05) is 13.2 Å². The first-order chi connectivity index (χ1) is 16.2. The molecule has 2 aliphatic carbocycles. The third kappa shape index (κ3) is 6.32. The summed E-state index contributed by atoms with van der Waals surface area (Å²) in [6.45, 7) is 10.8. The number of halogens is 4. The Balaban J connectivity index is 1.54. The molecule has 1 aromatic rings. The van der Waals surface area contributed by atoms with E-state index in [0.717, 1.165) is 25.7 Å². The minimum atomic E-state index is -1.18. The average Bonchev–Trinajstić information content (AvgIpc) is 2.84. The van der Waals surface area contributed by atoms with Crippen LogP contribution in [0.5, 0.6) is 0 Å². The molecule has 2 aliphatic rings. The maximum Gasteiger partial charge on any atom is 0.200 e. The van der Waals surface area contributed by atoms with Gasteiger partial charge in [0.05, 0.1) is 19.3 Å². The second-order valence-electron chi connectivity index (χ2n) is 9.70. The third-order valence-electron chi connectivity index (χ3n) is 7.27. The van der Waals surface area contributed by atoms with Crippen LogP contribution < -0.4 is 0 Å². The van der Waals surface area contributed by atoms with Crippen LogP contribution in [0.3, 0.4) is 0 Å². The Labute approximate surface area is 200 Å². The van der Waals surface area contributed by atoms with Crippen LogP contribution in [0.15, 0.2) is 48.3 Å². The lowest BCUT2D eigenvalue weighted by Crippen LogP contribution is -2.22. The predicted molar refractivity (Wildman–Crippen MR) is 127 cm³/mol. The molecule has 0 unspecified atom stereocenters. The molecule has 188 valence electrons. The summed E-state index contributed by atoms with van der Waals surface area (Å²) in [7, 11) is 0. The van der Waals surface area contributed by atoms with E-state index in [9.17, 15) is 17.6 Å². The van der Waals surface area contributed by atoms with E-state index in [0.29, 0.717) is 42.7 Å². The Kier molecular flexibility index (Phi) is 9.40. The standard InChI is InChI=1S/C28H36F4O2/c1-5-33-19(4)26(30)25(29)18(3)16-34-22-12-10-21(11-13-22)24-15-14-23(27(31)28(24)32)20-8-6-17(2)7-9-20/h14-15,17,20-22H,3-13,16H2,1-2H3/b26-25-. The van der Waals surface area contributed by atoms with E-state index in [1.807, 2.05) is 0 Å². The lowest BCUT2D eigenvalue weighted by molar-refractivity contribution is 0.0380. The van der Waals surface area contributed by atoms with Crippen molar-refractivity contribution in [3.8, 4) is 0 Å². The van der Waals surface area contributed by atoms with E-state index in [-0.39, 0.29) is 42.5 Å². The molecule has 3 rings (SSSR count). The van der Waals surface area contributed by atoms with Crippen molar-refractivity contribution in [1.82, 2.24) is 0 Å². The molecular weight excluding hydrogens is 444 g/mol. The summed E-state index contributed by atoms with van der Waals surface area (Å²) in [5, 5.41) is 0. The smallest absolute Gasteiger partial charge is 0.200 e. The Morgan fingerprint density at radius 3 is 1.85 bits per heavy atom. The zero-order chi connectivity index (χ0) is 24.8. The van der Waals surface area contributed by atoms with Crippen LogP contribution in [0, 0.1) is 17.6 Å². The molecule has 0 bridgehead atoms. The van der Waals surface area contributed by atoms with Gasteiger partial charge >= 0.3 is 0 Å². The predicted octanol–water partition coefficient (Wildman–Crippen LogP) is 8.56. The SMILES string of the molecule is C=C(COC1CCC(c2ccc(C3CCC(C)CC3)c(F)c2F)CC1)/C(F)=C(/F)C(=C)OCC. The monoisotopic (exact) mass is 480 g/mol. The highest BCUT2D eigenvalue weighted by Crippen LogP contribution is 2.40. The Hall–Kier alpha value is -2.08. The fraction of sp³-hybridized carbons (Fsp3) is 0.571. The highest BCUT2D eigenvalue weighted by atomic mass is 19.2. The van der Waals surface area contributed by atoms with E-state index in [2.05, 4.69) is 20.1 Å². The number of hydrogen-bond acceptors (Lipinski definition) is 2. The van der Waals surface area contributed by atoms with Gasteiger partial charge in [0.25, 0.3) is 0 Å². The lowest BCUT2D eigenvalue weighted by atomic mass is 9.77. The van der Waals surface area contributed by atoms with Crippen LogP contribution in [0.2, 0.25) is 0 Å². The highest BCUT2D eigenvalue weighted by Gasteiger charge is 2.29. The molecule has 0 heterocycles. The van der Waals surface area contributed by atoms with Crippen molar-refractivity contribution >= 4 is 0 Å². The Bertz CT molecular complexity index is 907. The molecule has 1 aromatic carbocycles. The van der Waals surface area contributed by atoms with Crippen molar-refractivity contribution in [3.63, 3.8) is 0 Å². The van der Waals surface area contributed by atoms with Crippen molar-refractivity contribution in [2.45, 2.75) is 83.2 Å². The summed E-state index contributed by atoms with van der Waals surface area (Å²) in [6.07, 6.45) is 6.28. The van der Waals surface area contributed by atoms with Gasteiger partial charge in [0.2, 0.25) is 0 Å². The minimum absolute atomic E-state index is 0.0819. The minimum Gasteiger partial charge on any atom is -0.491 e. The van der Waals surface area contributed by atoms with Crippen LogP contribution in [-0.2, 0) is 9.47 Å². The van der Waals surface area contributed by atoms with Crippen LogP contribution >= 0.6 is 0 Å². The summed E-state index contributed by atoms with van der Waals surface area (Å²) < 4.78 is 68.7. The van der Waals surface area contributed by atoms with Gasteiger partial charge in [0.1, 0.15) is 0 Å². The third-order valence-corrected chi connectivity index (χ3v) is 7.27. The van der Waals surface area contributed by atoms with Crippen molar-refractivity contribution in [3.05, 3.63) is 71.0 Å². The number of rotatable bonds is 9. The maximum absolute atomic E-state index is 15.0. The second-order valence-corrected chi connectivity index (χ2v) is 9.70. The summed E-state index contributed by atoms with van der Waals surface area (Å²) in [6, 6.07) is 3.54. The highest BCUT2D eigenvalue weighted by molar-refractivity contribution is 5.33. The summed E-state index contributed by atoms with van der Waals surface area (Å²) in [4.78, 5) is 0. The van der Waals surface area contributed by atoms with E-state index >= 15 is 0 Å². The lowest BCUT2D eigenvalue weighted by Gasteiger charge is -2.30. The van der Waals surface area contributed by atoms with Crippen molar-refractivity contribution in [2.24, 2.45) is 5.92 Å². The van der Waals surface area contributed by atoms with Gasteiger partial charge in [-0.3, -0.25) is 0 Å². The molecule has 0 spiro atoms. The van der Waals surface area contributed by atoms with Gasteiger partial charge < -0.3 is 9.47 Å². The van der Waals surface area contributed by atoms with Crippen LogP contribution in [0.4, 0.5) is 17.6 Å². The van der Waals surface area contributed by atoms with Gasteiger partial charge in [-0.2, -0.15) is 4.39 Å². The molecular formula is C28H36F4O2. The molecule has 0 saturated heterocycles. The van der Waals surface area contributed by atoms with Gasteiger partial charge in [-0.15, -0.1) is 0 Å². The fourth-order valence-corrected chi connectivity index (χ4v) is 5.12. The van der Waals surface area contributed by atoms with E-state index in [1.165, 1.54) is 0 Å². The van der Waals surface area contributed by atoms with Gasteiger partial charge in [-0.1, -0.05) is 45.1 Å². The first-order valence-corrected chi connectivity index (χ1v) is 12.4. The quantitative estimate of drug-likeness (QED) is 0.200.